The van der Waals surface area contributed by atoms with E-state index in [1.807, 2.05) is 0 Å². The quantitative estimate of drug-likeness (QED) is 0.905. The number of hydrogen-bond donors (Lipinski definition) is 1. The molecule has 2 aromatic rings. The second kappa shape index (κ2) is 5.39. The number of aromatic carboxylic acids is 1. The highest BCUT2D eigenvalue weighted by molar-refractivity contribution is 5.88. The zero-order valence-corrected chi connectivity index (χ0v) is 10.4. The second-order valence-electron chi connectivity index (χ2n) is 4.04. The molecule has 0 aliphatic heterocycles. The number of pyridine rings is 1. The van der Waals surface area contributed by atoms with Gasteiger partial charge in [-0.3, -0.25) is 4.79 Å². The Morgan fingerprint density at radius 3 is 2.53 bits per heavy atom. The van der Waals surface area contributed by atoms with Crippen molar-refractivity contribution in [2.75, 3.05) is 7.11 Å². The van der Waals surface area contributed by atoms with E-state index in [9.17, 15) is 9.59 Å². The van der Waals surface area contributed by atoms with Gasteiger partial charge < -0.3 is 14.4 Å². The summed E-state index contributed by atoms with van der Waals surface area (Å²) in [6.45, 7) is 0.435. The summed E-state index contributed by atoms with van der Waals surface area (Å²) in [4.78, 5) is 22.0. The zero-order chi connectivity index (χ0) is 13.8. The van der Waals surface area contributed by atoms with Gasteiger partial charge in [-0.1, -0.05) is 0 Å². The van der Waals surface area contributed by atoms with Crippen LogP contribution in [-0.2, 0) is 6.54 Å². The van der Waals surface area contributed by atoms with Crippen LogP contribution in [0.4, 0.5) is 0 Å². The van der Waals surface area contributed by atoms with Gasteiger partial charge >= 0.3 is 5.97 Å². The van der Waals surface area contributed by atoms with Crippen LogP contribution in [0.15, 0.2) is 47.5 Å². The van der Waals surface area contributed by atoms with E-state index in [1.54, 1.807) is 29.1 Å². The molecule has 19 heavy (non-hydrogen) atoms. The Hall–Kier alpha value is -2.56. The van der Waals surface area contributed by atoms with Gasteiger partial charge in [-0.25, -0.2) is 4.79 Å². The third kappa shape index (κ3) is 3.01. The van der Waals surface area contributed by atoms with Crippen molar-refractivity contribution in [2.24, 2.45) is 0 Å². The molecule has 0 amide bonds. The van der Waals surface area contributed by atoms with Crippen LogP contribution in [-0.4, -0.2) is 22.8 Å². The largest absolute Gasteiger partial charge is 0.496 e. The lowest BCUT2D eigenvalue weighted by atomic mass is 10.1. The van der Waals surface area contributed by atoms with Gasteiger partial charge in [-0.15, -0.1) is 0 Å². The molecular weight excluding hydrogens is 246 g/mol. The highest BCUT2D eigenvalue weighted by Gasteiger charge is 2.09. The molecule has 98 valence electrons. The van der Waals surface area contributed by atoms with E-state index in [4.69, 9.17) is 9.84 Å². The van der Waals surface area contributed by atoms with Crippen molar-refractivity contribution in [1.82, 2.24) is 4.57 Å². The lowest BCUT2D eigenvalue weighted by Gasteiger charge is -2.11. The summed E-state index contributed by atoms with van der Waals surface area (Å²) in [5.74, 6) is -0.368. The molecule has 0 saturated carbocycles. The molecular formula is C14H13NO4. The van der Waals surface area contributed by atoms with E-state index in [0.29, 0.717) is 12.3 Å². The molecule has 0 spiro atoms. The maximum Gasteiger partial charge on any atom is 0.335 e. The molecule has 0 radical (unpaired) electrons. The number of carbonyl (C=O) groups is 1. The standard InChI is InChI=1S/C14H13NO4/c1-19-13-3-2-10(14(17)18)8-11(13)9-15-6-4-12(16)5-7-15/h2-8H,9H2,1H3,(H,17,18). The molecule has 0 aliphatic rings. The number of hydrogen-bond acceptors (Lipinski definition) is 3. The summed E-state index contributed by atoms with van der Waals surface area (Å²) in [5.41, 5.74) is 0.880. The minimum absolute atomic E-state index is 0.0671. The van der Waals surface area contributed by atoms with Crippen LogP contribution < -0.4 is 10.2 Å². The van der Waals surface area contributed by atoms with Gasteiger partial charge in [-0.05, 0) is 18.2 Å². The third-order valence-electron chi connectivity index (χ3n) is 2.74. The van der Waals surface area contributed by atoms with Gasteiger partial charge in [0.05, 0.1) is 19.2 Å². The van der Waals surface area contributed by atoms with E-state index >= 15 is 0 Å². The molecule has 1 aromatic carbocycles. The van der Waals surface area contributed by atoms with Crippen molar-refractivity contribution >= 4 is 5.97 Å². The van der Waals surface area contributed by atoms with Gasteiger partial charge in [0, 0.05) is 30.1 Å². The van der Waals surface area contributed by atoms with Crippen molar-refractivity contribution in [3.05, 3.63) is 64.1 Å². The van der Waals surface area contributed by atoms with Crippen molar-refractivity contribution in [3.63, 3.8) is 0 Å². The highest BCUT2D eigenvalue weighted by atomic mass is 16.5. The number of methoxy groups -OCH3 is 1. The number of rotatable bonds is 4. The van der Waals surface area contributed by atoms with Gasteiger partial charge in [0.2, 0.25) is 0 Å². The van der Waals surface area contributed by atoms with Crippen LogP contribution in [0.1, 0.15) is 15.9 Å². The fourth-order valence-corrected chi connectivity index (χ4v) is 1.78. The third-order valence-corrected chi connectivity index (χ3v) is 2.74. The SMILES string of the molecule is COc1ccc(C(=O)O)cc1Cn1ccc(=O)cc1. The van der Waals surface area contributed by atoms with Gasteiger partial charge in [-0.2, -0.15) is 0 Å². The number of carboxylic acids is 1. The molecule has 0 unspecified atom stereocenters. The normalized spacial score (nSPS) is 10.2. The van der Waals surface area contributed by atoms with Gasteiger partial charge in [0.1, 0.15) is 5.75 Å². The van der Waals surface area contributed by atoms with E-state index in [-0.39, 0.29) is 11.0 Å². The molecule has 1 N–H and O–H groups in total. The average Bonchev–Trinajstić information content (AvgIpc) is 2.41. The lowest BCUT2D eigenvalue weighted by Crippen LogP contribution is -2.07. The smallest absolute Gasteiger partial charge is 0.335 e. The molecule has 1 heterocycles. The first-order chi connectivity index (χ1) is 9.10. The van der Waals surface area contributed by atoms with Crippen LogP contribution in [0, 0.1) is 0 Å². The van der Waals surface area contributed by atoms with Gasteiger partial charge in [0.15, 0.2) is 5.43 Å². The summed E-state index contributed by atoms with van der Waals surface area (Å²) in [6, 6.07) is 7.59. The summed E-state index contributed by atoms with van der Waals surface area (Å²) in [6.07, 6.45) is 3.30. The maximum absolute atomic E-state index is 11.0. The van der Waals surface area contributed by atoms with Crippen molar-refractivity contribution in [3.8, 4) is 5.75 Å². The number of ether oxygens (including phenoxy) is 1. The van der Waals surface area contributed by atoms with Crippen molar-refractivity contribution in [2.45, 2.75) is 6.54 Å². The second-order valence-corrected chi connectivity index (χ2v) is 4.04. The average molecular weight is 259 g/mol. The minimum atomic E-state index is -0.983. The Kier molecular flexibility index (Phi) is 3.66. The monoisotopic (exact) mass is 259 g/mol. The molecule has 0 fully saturated rings. The van der Waals surface area contributed by atoms with Crippen molar-refractivity contribution in [1.29, 1.82) is 0 Å². The predicted octanol–water partition coefficient (Wildman–Crippen LogP) is 1.60. The Morgan fingerprint density at radius 1 is 1.26 bits per heavy atom. The van der Waals surface area contributed by atoms with Crippen molar-refractivity contribution < 1.29 is 14.6 Å². The van der Waals surface area contributed by atoms with Crippen LogP contribution in [0.3, 0.4) is 0 Å². The van der Waals surface area contributed by atoms with Crippen LogP contribution in [0.5, 0.6) is 5.75 Å². The number of benzene rings is 1. The molecule has 0 saturated heterocycles. The number of aromatic nitrogens is 1. The molecule has 5 heteroatoms. The Morgan fingerprint density at radius 2 is 1.95 bits per heavy atom. The summed E-state index contributed by atoms with van der Waals surface area (Å²) in [5, 5.41) is 8.99. The maximum atomic E-state index is 11.0. The fraction of sp³-hybridized carbons (Fsp3) is 0.143. The van der Waals surface area contributed by atoms with Crippen LogP contribution >= 0.6 is 0 Å². The molecule has 1 aromatic heterocycles. The molecule has 5 nitrogen and oxygen atoms in total. The van der Waals surface area contributed by atoms with E-state index in [1.165, 1.54) is 25.3 Å². The first-order valence-electron chi connectivity index (χ1n) is 5.66. The predicted molar refractivity (Wildman–Crippen MR) is 69.8 cm³/mol. The van der Waals surface area contributed by atoms with Crippen LogP contribution in [0.2, 0.25) is 0 Å². The zero-order valence-electron chi connectivity index (χ0n) is 10.4. The lowest BCUT2D eigenvalue weighted by molar-refractivity contribution is 0.0696. The Bertz CT molecular complexity index is 640. The number of nitrogens with zero attached hydrogens (tertiary/aromatic N) is 1. The fourth-order valence-electron chi connectivity index (χ4n) is 1.78. The number of carboxylic acid groups (broad SMARTS) is 1. The highest BCUT2D eigenvalue weighted by Crippen LogP contribution is 2.20. The Labute approximate surface area is 109 Å². The molecule has 0 bridgehead atoms. The van der Waals surface area contributed by atoms with E-state index in [0.717, 1.165) is 5.56 Å². The van der Waals surface area contributed by atoms with Crippen LogP contribution in [0.25, 0.3) is 0 Å². The Balaban J connectivity index is 2.36. The first kappa shape index (κ1) is 12.9. The summed E-state index contributed by atoms with van der Waals surface area (Å²) < 4.78 is 6.99. The minimum Gasteiger partial charge on any atom is -0.496 e. The van der Waals surface area contributed by atoms with Gasteiger partial charge in [0.25, 0.3) is 0 Å². The summed E-state index contributed by atoms with van der Waals surface area (Å²) >= 11 is 0. The molecule has 2 rings (SSSR count). The summed E-state index contributed by atoms with van der Waals surface area (Å²) in [7, 11) is 1.53. The first-order valence-corrected chi connectivity index (χ1v) is 5.66. The van der Waals surface area contributed by atoms with E-state index < -0.39 is 5.97 Å². The topological polar surface area (TPSA) is 68.5 Å². The molecule has 0 aliphatic carbocycles. The molecule has 0 atom stereocenters. The van der Waals surface area contributed by atoms with E-state index in [2.05, 4.69) is 0 Å².